The van der Waals surface area contributed by atoms with Crippen LogP contribution in [0.15, 0.2) is 30.6 Å². The lowest BCUT2D eigenvalue weighted by molar-refractivity contribution is 0.139. The number of carbonyl (C=O) groups excluding carboxylic acids is 1. The minimum absolute atomic E-state index is 0.0539. The average Bonchev–Trinajstić information content (AvgIpc) is 3.17. The van der Waals surface area contributed by atoms with Gasteiger partial charge in [-0.15, -0.1) is 0 Å². The first-order chi connectivity index (χ1) is 12.4. The van der Waals surface area contributed by atoms with Gasteiger partial charge >= 0.3 is 6.03 Å². The Balaban J connectivity index is 1.39. The second kappa shape index (κ2) is 6.34. The molecule has 3 heterocycles. The van der Waals surface area contributed by atoms with Gasteiger partial charge in [0.1, 0.15) is 11.4 Å². The van der Waals surface area contributed by atoms with Crippen LogP contribution in [0, 0.1) is 6.92 Å². The molecule has 1 fully saturated rings. The third-order valence-electron chi connectivity index (χ3n) is 5.19. The first-order valence-corrected chi connectivity index (χ1v) is 9.29. The first kappa shape index (κ1) is 16.9. The Morgan fingerprint density at radius 2 is 2.08 bits per heavy atom. The standard InChI is InChI=1S/C20H26N4O2/c1-14-12-21-24(13-14)16-7-9-23(10-8-16)19(25)22-17-6-4-5-15-11-20(2,3)26-18(15)17/h4-6,12-13,16H,7-11H2,1-3H3,(H,22,25). The van der Waals surface area contributed by atoms with Crippen molar-refractivity contribution in [3.05, 3.63) is 41.7 Å². The molecule has 6 nitrogen and oxygen atoms in total. The van der Waals surface area contributed by atoms with E-state index < -0.39 is 0 Å². The third-order valence-corrected chi connectivity index (χ3v) is 5.19. The number of amides is 2. The van der Waals surface area contributed by atoms with Crippen LogP contribution in [0.25, 0.3) is 0 Å². The molecule has 1 aromatic heterocycles. The monoisotopic (exact) mass is 354 g/mol. The summed E-state index contributed by atoms with van der Waals surface area (Å²) in [5.74, 6) is 0.813. The van der Waals surface area contributed by atoms with Gasteiger partial charge in [0.05, 0.1) is 17.9 Å². The Bertz CT molecular complexity index is 819. The molecule has 2 aromatic rings. The quantitative estimate of drug-likeness (QED) is 0.893. The predicted octanol–water partition coefficient (Wildman–Crippen LogP) is 3.77. The van der Waals surface area contributed by atoms with E-state index in [1.807, 2.05) is 34.8 Å². The van der Waals surface area contributed by atoms with E-state index in [4.69, 9.17) is 4.74 Å². The van der Waals surface area contributed by atoms with Crippen LogP contribution >= 0.6 is 0 Å². The lowest BCUT2D eigenvalue weighted by Gasteiger charge is -2.32. The van der Waals surface area contributed by atoms with Crippen molar-refractivity contribution in [1.82, 2.24) is 14.7 Å². The number of nitrogens with zero attached hydrogens (tertiary/aromatic N) is 3. The summed E-state index contributed by atoms with van der Waals surface area (Å²) in [6, 6.07) is 6.28. The second-order valence-electron chi connectivity index (χ2n) is 7.98. The van der Waals surface area contributed by atoms with Crippen LogP contribution < -0.4 is 10.1 Å². The Kier molecular flexibility index (Phi) is 4.13. The van der Waals surface area contributed by atoms with Gasteiger partial charge in [0.25, 0.3) is 0 Å². The molecule has 2 aliphatic rings. The predicted molar refractivity (Wildman–Crippen MR) is 101 cm³/mol. The summed E-state index contributed by atoms with van der Waals surface area (Å²) in [7, 11) is 0. The van der Waals surface area contributed by atoms with Gasteiger partial charge in [0, 0.05) is 31.3 Å². The fraction of sp³-hybridized carbons (Fsp3) is 0.500. The molecule has 1 N–H and O–H groups in total. The molecule has 4 rings (SSSR count). The minimum atomic E-state index is -0.219. The molecule has 0 spiro atoms. The Labute approximate surface area is 154 Å². The van der Waals surface area contributed by atoms with Crippen LogP contribution in [0.2, 0.25) is 0 Å². The SMILES string of the molecule is Cc1cnn(C2CCN(C(=O)Nc3cccc4c3OC(C)(C)C4)CC2)c1. The maximum atomic E-state index is 12.7. The van der Waals surface area contributed by atoms with Crippen LogP contribution in [-0.2, 0) is 6.42 Å². The van der Waals surface area contributed by atoms with Gasteiger partial charge in [0.15, 0.2) is 0 Å². The summed E-state index contributed by atoms with van der Waals surface area (Å²) >= 11 is 0. The zero-order valence-corrected chi connectivity index (χ0v) is 15.7. The maximum Gasteiger partial charge on any atom is 0.321 e. The number of carbonyl (C=O) groups is 1. The average molecular weight is 354 g/mol. The summed E-state index contributed by atoms with van der Waals surface area (Å²) < 4.78 is 8.08. The van der Waals surface area contributed by atoms with Crippen molar-refractivity contribution in [2.24, 2.45) is 0 Å². The van der Waals surface area contributed by atoms with Crippen molar-refractivity contribution in [2.45, 2.75) is 51.7 Å². The molecule has 1 saturated heterocycles. The van der Waals surface area contributed by atoms with Crippen molar-refractivity contribution < 1.29 is 9.53 Å². The highest BCUT2D eigenvalue weighted by molar-refractivity contribution is 5.91. The van der Waals surface area contributed by atoms with Gasteiger partial charge < -0.3 is 15.0 Å². The molecule has 0 saturated carbocycles. The summed E-state index contributed by atoms with van der Waals surface area (Å²) in [5, 5.41) is 7.46. The molecular weight excluding hydrogens is 328 g/mol. The summed E-state index contributed by atoms with van der Waals surface area (Å²) in [6.07, 6.45) is 6.67. The highest BCUT2D eigenvalue weighted by Crippen LogP contribution is 2.40. The summed E-state index contributed by atoms with van der Waals surface area (Å²) in [5.41, 5.74) is 2.87. The van der Waals surface area contributed by atoms with Crippen molar-refractivity contribution in [1.29, 1.82) is 0 Å². The van der Waals surface area contributed by atoms with Crippen LogP contribution in [-0.4, -0.2) is 39.4 Å². The van der Waals surface area contributed by atoms with Crippen molar-refractivity contribution in [3.63, 3.8) is 0 Å². The van der Waals surface area contributed by atoms with Crippen molar-refractivity contribution in [2.75, 3.05) is 18.4 Å². The number of nitrogens with one attached hydrogen (secondary N) is 1. The lowest BCUT2D eigenvalue weighted by atomic mass is 10.0. The van der Waals surface area contributed by atoms with Gasteiger partial charge in [-0.2, -0.15) is 5.10 Å². The number of hydrogen-bond acceptors (Lipinski definition) is 3. The molecule has 138 valence electrons. The van der Waals surface area contributed by atoms with Crippen LogP contribution in [0.1, 0.15) is 43.9 Å². The Morgan fingerprint density at radius 1 is 1.31 bits per heavy atom. The summed E-state index contributed by atoms with van der Waals surface area (Å²) in [6.45, 7) is 7.65. The van der Waals surface area contributed by atoms with E-state index in [1.54, 1.807) is 0 Å². The highest BCUT2D eigenvalue weighted by Gasteiger charge is 2.32. The molecule has 1 aromatic carbocycles. The topological polar surface area (TPSA) is 59.4 Å². The number of urea groups is 1. The molecule has 0 aliphatic carbocycles. The third kappa shape index (κ3) is 3.28. The van der Waals surface area contributed by atoms with E-state index in [1.165, 1.54) is 5.56 Å². The van der Waals surface area contributed by atoms with Gasteiger partial charge in [-0.1, -0.05) is 12.1 Å². The lowest BCUT2D eigenvalue weighted by Crippen LogP contribution is -2.41. The number of aryl methyl sites for hydroxylation is 1. The van der Waals surface area contributed by atoms with Gasteiger partial charge in [-0.05, 0) is 45.2 Å². The molecule has 0 radical (unpaired) electrons. The molecule has 0 bridgehead atoms. The van der Waals surface area contributed by atoms with E-state index in [0.29, 0.717) is 6.04 Å². The maximum absolute atomic E-state index is 12.7. The van der Waals surface area contributed by atoms with E-state index in [-0.39, 0.29) is 11.6 Å². The number of para-hydroxylation sites is 1. The fourth-order valence-electron chi connectivity index (χ4n) is 3.87. The van der Waals surface area contributed by atoms with E-state index in [0.717, 1.165) is 49.4 Å². The van der Waals surface area contributed by atoms with Crippen LogP contribution in [0.4, 0.5) is 10.5 Å². The smallest absolute Gasteiger partial charge is 0.321 e. The molecule has 2 aliphatic heterocycles. The number of aromatic nitrogens is 2. The highest BCUT2D eigenvalue weighted by atomic mass is 16.5. The first-order valence-electron chi connectivity index (χ1n) is 9.29. The van der Waals surface area contributed by atoms with Crippen LogP contribution in [0.3, 0.4) is 0 Å². The zero-order chi connectivity index (χ0) is 18.3. The van der Waals surface area contributed by atoms with Crippen molar-refractivity contribution in [3.8, 4) is 5.75 Å². The fourth-order valence-corrected chi connectivity index (χ4v) is 3.87. The molecule has 0 atom stereocenters. The Morgan fingerprint density at radius 3 is 2.77 bits per heavy atom. The van der Waals surface area contributed by atoms with E-state index >= 15 is 0 Å². The molecular formula is C20H26N4O2. The largest absolute Gasteiger partial charge is 0.485 e. The molecule has 6 heteroatoms. The van der Waals surface area contributed by atoms with Gasteiger partial charge in [-0.3, -0.25) is 4.68 Å². The number of fused-ring (bicyclic) bond motifs is 1. The number of benzene rings is 1. The minimum Gasteiger partial charge on any atom is -0.485 e. The summed E-state index contributed by atoms with van der Waals surface area (Å²) in [4.78, 5) is 14.6. The number of piperidine rings is 1. The molecule has 0 unspecified atom stereocenters. The van der Waals surface area contributed by atoms with Crippen LogP contribution in [0.5, 0.6) is 5.75 Å². The zero-order valence-electron chi connectivity index (χ0n) is 15.7. The molecule has 26 heavy (non-hydrogen) atoms. The Hall–Kier alpha value is -2.50. The van der Waals surface area contributed by atoms with E-state index in [9.17, 15) is 4.79 Å². The number of rotatable bonds is 2. The molecule has 2 amide bonds. The number of ether oxygens (including phenoxy) is 1. The normalized spacial score (nSPS) is 19.1. The van der Waals surface area contributed by atoms with Gasteiger partial charge in [0.2, 0.25) is 0 Å². The van der Waals surface area contributed by atoms with E-state index in [2.05, 4.69) is 36.5 Å². The number of likely N-dealkylation sites (tertiary alicyclic amines) is 1. The number of hydrogen-bond donors (Lipinski definition) is 1. The van der Waals surface area contributed by atoms with Crippen molar-refractivity contribution >= 4 is 11.7 Å². The van der Waals surface area contributed by atoms with Gasteiger partial charge in [-0.25, -0.2) is 4.79 Å². The number of anilines is 1. The second-order valence-corrected chi connectivity index (χ2v) is 7.98.